The van der Waals surface area contributed by atoms with Gasteiger partial charge in [-0.25, -0.2) is 14.8 Å². The fraction of sp³-hybridized carbons (Fsp3) is 0.188. The van der Waals surface area contributed by atoms with Crippen LogP contribution in [0.5, 0.6) is 0 Å². The van der Waals surface area contributed by atoms with E-state index in [2.05, 4.69) is 15.0 Å². The Hall–Kier alpha value is -2.69. The van der Waals surface area contributed by atoms with E-state index in [4.69, 9.17) is 0 Å². The average molecular weight is 281 g/mol. The van der Waals surface area contributed by atoms with Gasteiger partial charge in [-0.2, -0.15) is 0 Å². The van der Waals surface area contributed by atoms with Gasteiger partial charge in [0.1, 0.15) is 11.5 Å². The van der Waals surface area contributed by atoms with Gasteiger partial charge in [-0.3, -0.25) is 0 Å². The van der Waals surface area contributed by atoms with E-state index in [0.29, 0.717) is 29.0 Å². The molecule has 5 heteroatoms. The Morgan fingerprint density at radius 3 is 2.81 bits per heavy atom. The molecule has 21 heavy (non-hydrogen) atoms. The van der Waals surface area contributed by atoms with E-state index in [1.54, 1.807) is 0 Å². The van der Waals surface area contributed by atoms with Gasteiger partial charge in [0.05, 0.1) is 16.6 Å². The highest BCUT2D eigenvalue weighted by Crippen LogP contribution is 2.29. The predicted molar refractivity (Wildman–Crippen MR) is 80.4 cm³/mol. The normalized spacial score (nSPS) is 11.0. The van der Waals surface area contributed by atoms with Crippen molar-refractivity contribution >= 4 is 17.0 Å². The minimum absolute atomic E-state index is 0.198. The molecule has 0 amide bonds. The Morgan fingerprint density at radius 1 is 1.33 bits per heavy atom. The molecule has 0 radical (unpaired) electrons. The smallest absolute Gasteiger partial charge is 0.338 e. The van der Waals surface area contributed by atoms with Gasteiger partial charge in [0.25, 0.3) is 0 Å². The molecule has 106 valence electrons. The highest BCUT2D eigenvalue weighted by Gasteiger charge is 2.18. The highest BCUT2D eigenvalue weighted by molar-refractivity contribution is 6.07. The Labute approximate surface area is 121 Å². The van der Waals surface area contributed by atoms with Crippen molar-refractivity contribution < 1.29 is 9.90 Å². The van der Waals surface area contributed by atoms with Crippen molar-refractivity contribution in [2.24, 2.45) is 0 Å². The Balaban J connectivity index is 2.37. The van der Waals surface area contributed by atoms with Crippen molar-refractivity contribution in [1.82, 2.24) is 15.0 Å². The van der Waals surface area contributed by atoms with Crippen LogP contribution in [-0.2, 0) is 6.42 Å². The van der Waals surface area contributed by atoms with Crippen LogP contribution in [0.1, 0.15) is 28.7 Å². The van der Waals surface area contributed by atoms with Gasteiger partial charge >= 0.3 is 5.97 Å². The molecule has 2 heterocycles. The molecular weight excluding hydrogens is 266 g/mol. The summed E-state index contributed by atoms with van der Waals surface area (Å²) in [6, 6.07) is 7.88. The third-order valence-corrected chi connectivity index (χ3v) is 3.42. The molecule has 2 aromatic heterocycles. The van der Waals surface area contributed by atoms with Crippen LogP contribution in [0.25, 0.3) is 22.3 Å². The molecule has 0 unspecified atom stereocenters. The summed E-state index contributed by atoms with van der Waals surface area (Å²) in [5.41, 5.74) is 3.43. The lowest BCUT2D eigenvalue weighted by atomic mass is 10.0. The summed E-state index contributed by atoms with van der Waals surface area (Å²) < 4.78 is 0. The van der Waals surface area contributed by atoms with Gasteiger partial charge in [0.2, 0.25) is 0 Å². The van der Waals surface area contributed by atoms with Crippen molar-refractivity contribution in [3.63, 3.8) is 0 Å². The van der Waals surface area contributed by atoms with E-state index in [9.17, 15) is 9.90 Å². The summed E-state index contributed by atoms with van der Waals surface area (Å²) in [7, 11) is 0. The van der Waals surface area contributed by atoms with Crippen LogP contribution in [0, 0.1) is 6.92 Å². The quantitative estimate of drug-likeness (QED) is 0.772. The molecule has 0 fully saturated rings. The van der Waals surface area contributed by atoms with Gasteiger partial charge in [-0.1, -0.05) is 30.7 Å². The van der Waals surface area contributed by atoms with Crippen molar-refractivity contribution in [2.45, 2.75) is 20.3 Å². The Kier molecular flexibility index (Phi) is 3.17. The zero-order valence-corrected chi connectivity index (χ0v) is 11.8. The molecule has 0 saturated carbocycles. The minimum Gasteiger partial charge on any atom is -0.478 e. The third-order valence-electron chi connectivity index (χ3n) is 3.42. The maximum atomic E-state index is 11.4. The van der Waals surface area contributed by atoms with Crippen LogP contribution in [0.2, 0.25) is 0 Å². The summed E-state index contributed by atoms with van der Waals surface area (Å²) in [6.07, 6.45) is 2.16. The lowest BCUT2D eigenvalue weighted by Gasteiger charge is -2.07. The number of carboxylic acids is 1. The molecule has 5 nitrogen and oxygen atoms in total. The number of nitrogens with zero attached hydrogens (tertiary/aromatic N) is 2. The number of nitrogens with one attached hydrogen (secondary N) is 1. The molecule has 0 saturated heterocycles. The molecule has 1 aromatic carbocycles. The molecule has 2 N–H and O–H groups in total. The van der Waals surface area contributed by atoms with E-state index in [0.717, 1.165) is 11.1 Å². The van der Waals surface area contributed by atoms with Crippen LogP contribution < -0.4 is 0 Å². The second kappa shape index (κ2) is 5.01. The number of carbonyl (C=O) groups is 1. The molecule has 0 aliphatic carbocycles. The van der Waals surface area contributed by atoms with Crippen LogP contribution in [-0.4, -0.2) is 26.0 Å². The van der Waals surface area contributed by atoms with Crippen LogP contribution >= 0.6 is 0 Å². The van der Waals surface area contributed by atoms with Crippen molar-refractivity contribution in [3.8, 4) is 11.3 Å². The highest BCUT2D eigenvalue weighted by atomic mass is 16.4. The van der Waals surface area contributed by atoms with Gasteiger partial charge in [0, 0.05) is 18.2 Å². The second-order valence-electron chi connectivity index (χ2n) is 4.94. The van der Waals surface area contributed by atoms with E-state index in [1.807, 2.05) is 38.1 Å². The van der Waals surface area contributed by atoms with E-state index in [-0.39, 0.29) is 5.56 Å². The first-order valence-corrected chi connectivity index (χ1v) is 6.78. The number of carboxylic acid groups (broad SMARTS) is 1. The van der Waals surface area contributed by atoms with Gasteiger partial charge < -0.3 is 10.1 Å². The molecule has 0 bridgehead atoms. The minimum atomic E-state index is -0.983. The summed E-state index contributed by atoms with van der Waals surface area (Å²) in [6.45, 7) is 3.97. The van der Waals surface area contributed by atoms with Crippen LogP contribution in [0.15, 0.2) is 30.5 Å². The second-order valence-corrected chi connectivity index (χ2v) is 4.94. The molecule has 0 spiro atoms. The predicted octanol–water partition coefficient (Wildman–Crippen LogP) is 3.19. The third kappa shape index (κ3) is 2.27. The number of aromatic amines is 1. The number of hydrogen-bond donors (Lipinski definition) is 2. The molecule has 3 aromatic rings. The summed E-state index contributed by atoms with van der Waals surface area (Å²) in [4.78, 5) is 23.3. The molecular formula is C16H15N3O2. The van der Waals surface area contributed by atoms with Crippen molar-refractivity contribution in [2.75, 3.05) is 0 Å². The number of H-pyrrole nitrogens is 1. The maximum absolute atomic E-state index is 11.4. The number of benzene rings is 1. The first-order chi connectivity index (χ1) is 10.1. The van der Waals surface area contributed by atoms with E-state index in [1.165, 1.54) is 6.20 Å². The molecule has 0 atom stereocenters. The largest absolute Gasteiger partial charge is 0.478 e. The lowest BCUT2D eigenvalue weighted by molar-refractivity contribution is 0.0699. The number of aromatic carboxylic acids is 1. The van der Waals surface area contributed by atoms with Crippen LogP contribution in [0.3, 0.4) is 0 Å². The number of rotatable bonds is 3. The van der Waals surface area contributed by atoms with Crippen molar-refractivity contribution in [3.05, 3.63) is 47.4 Å². The zero-order valence-electron chi connectivity index (χ0n) is 11.8. The standard InChI is InChI=1S/C16H15N3O2/c1-3-12-18-14(10-6-4-5-9(2)7-10)13-11(16(20)21)8-17-15(13)19-12/h4-8H,3H2,1-2H3,(H,20,21)(H,17,18,19). The van der Waals surface area contributed by atoms with E-state index >= 15 is 0 Å². The van der Waals surface area contributed by atoms with Gasteiger partial charge in [-0.15, -0.1) is 0 Å². The number of hydrogen-bond acceptors (Lipinski definition) is 3. The molecule has 0 aliphatic rings. The summed E-state index contributed by atoms with van der Waals surface area (Å²) in [5, 5.41) is 9.91. The topological polar surface area (TPSA) is 78.9 Å². The van der Waals surface area contributed by atoms with Crippen molar-refractivity contribution in [1.29, 1.82) is 0 Å². The number of aryl methyl sites for hydroxylation is 2. The fourth-order valence-corrected chi connectivity index (χ4v) is 2.41. The zero-order chi connectivity index (χ0) is 15.0. The molecule has 0 aliphatic heterocycles. The van der Waals surface area contributed by atoms with Crippen LogP contribution in [0.4, 0.5) is 0 Å². The van der Waals surface area contributed by atoms with Gasteiger partial charge in [0.15, 0.2) is 0 Å². The monoisotopic (exact) mass is 281 g/mol. The summed E-state index contributed by atoms with van der Waals surface area (Å²) in [5.74, 6) is -0.291. The summed E-state index contributed by atoms with van der Waals surface area (Å²) >= 11 is 0. The Morgan fingerprint density at radius 2 is 2.14 bits per heavy atom. The molecule has 3 rings (SSSR count). The van der Waals surface area contributed by atoms with Gasteiger partial charge in [-0.05, 0) is 13.0 Å². The van der Waals surface area contributed by atoms with E-state index < -0.39 is 5.97 Å². The first kappa shape index (κ1) is 13.3. The number of fused-ring (bicyclic) bond motifs is 1. The average Bonchev–Trinajstić information content (AvgIpc) is 2.90. The number of aromatic nitrogens is 3. The maximum Gasteiger partial charge on any atom is 0.338 e. The Bertz CT molecular complexity index is 837. The SMILES string of the molecule is CCc1nc(-c2cccc(C)c2)c2c(C(=O)O)c[nH]c2n1. The first-order valence-electron chi connectivity index (χ1n) is 6.78. The lowest BCUT2D eigenvalue weighted by Crippen LogP contribution is -2.00. The fourth-order valence-electron chi connectivity index (χ4n) is 2.41.